The van der Waals surface area contributed by atoms with Crippen molar-refractivity contribution in [2.45, 2.75) is 52.1 Å². The Balaban J connectivity index is 1.99. The highest BCUT2D eigenvalue weighted by atomic mass is 16.5. The smallest absolute Gasteiger partial charge is 0.263 e. The predicted molar refractivity (Wildman–Crippen MR) is 85.4 cm³/mol. The molecule has 2 N–H and O–H groups in total. The van der Waals surface area contributed by atoms with Gasteiger partial charge < -0.3 is 15.4 Å². The number of carbonyl (C=O) groups excluding carboxylic acids is 1. The molecule has 1 fully saturated rings. The van der Waals surface area contributed by atoms with Crippen LogP contribution in [-0.4, -0.2) is 30.0 Å². The zero-order valence-corrected chi connectivity index (χ0v) is 13.1. The maximum Gasteiger partial charge on any atom is 0.263 e. The van der Waals surface area contributed by atoms with Crippen LogP contribution < -0.4 is 10.5 Å². The lowest BCUT2D eigenvalue weighted by Gasteiger charge is -2.25. The number of likely N-dealkylation sites (tertiary alicyclic amines) is 1. The summed E-state index contributed by atoms with van der Waals surface area (Å²) in [5.74, 6) is 0.665. The SMILES string of the molecule is CCc1ccc(OC(C)C(=O)N2CCCCCC2)c(N)c1. The lowest BCUT2D eigenvalue weighted by molar-refractivity contribution is -0.137. The first kappa shape index (κ1) is 15.7. The number of hydrogen-bond donors (Lipinski definition) is 1. The molecule has 0 spiro atoms. The zero-order chi connectivity index (χ0) is 15.2. The van der Waals surface area contributed by atoms with Crippen molar-refractivity contribution in [1.29, 1.82) is 0 Å². The molecule has 1 atom stereocenters. The van der Waals surface area contributed by atoms with Crippen molar-refractivity contribution < 1.29 is 9.53 Å². The Kier molecular flexibility index (Phi) is 5.48. The van der Waals surface area contributed by atoms with Crippen LogP contribution in [-0.2, 0) is 11.2 Å². The largest absolute Gasteiger partial charge is 0.479 e. The van der Waals surface area contributed by atoms with E-state index in [1.807, 2.05) is 23.1 Å². The highest BCUT2D eigenvalue weighted by Crippen LogP contribution is 2.24. The standard InChI is InChI=1S/C17H26N2O2/c1-3-14-8-9-16(15(18)12-14)21-13(2)17(20)19-10-6-4-5-7-11-19/h8-9,12-13H,3-7,10-11,18H2,1-2H3. The van der Waals surface area contributed by atoms with E-state index in [1.165, 1.54) is 18.4 Å². The Morgan fingerprint density at radius 3 is 2.52 bits per heavy atom. The van der Waals surface area contributed by atoms with Crippen LogP contribution in [0.15, 0.2) is 18.2 Å². The third-order valence-electron chi connectivity index (χ3n) is 4.05. The molecule has 1 aromatic carbocycles. The molecule has 0 saturated carbocycles. The topological polar surface area (TPSA) is 55.6 Å². The molecular weight excluding hydrogens is 264 g/mol. The van der Waals surface area contributed by atoms with Crippen LogP contribution in [0, 0.1) is 0 Å². The van der Waals surface area contributed by atoms with E-state index in [0.717, 1.165) is 32.4 Å². The quantitative estimate of drug-likeness (QED) is 0.867. The van der Waals surface area contributed by atoms with E-state index in [2.05, 4.69) is 6.92 Å². The molecule has 1 saturated heterocycles. The number of nitrogen functional groups attached to an aromatic ring is 1. The summed E-state index contributed by atoms with van der Waals surface area (Å²) in [7, 11) is 0. The van der Waals surface area contributed by atoms with Gasteiger partial charge in [0.25, 0.3) is 5.91 Å². The summed E-state index contributed by atoms with van der Waals surface area (Å²) < 4.78 is 5.78. The van der Waals surface area contributed by atoms with Crippen molar-refractivity contribution in [3.63, 3.8) is 0 Å². The van der Waals surface area contributed by atoms with Crippen LogP contribution >= 0.6 is 0 Å². The predicted octanol–water partition coefficient (Wildman–Crippen LogP) is 3.00. The van der Waals surface area contributed by atoms with Crippen molar-refractivity contribution in [2.24, 2.45) is 0 Å². The summed E-state index contributed by atoms with van der Waals surface area (Å²) in [5.41, 5.74) is 7.77. The molecule has 1 aliphatic heterocycles. The maximum absolute atomic E-state index is 12.4. The Bertz CT molecular complexity index is 480. The summed E-state index contributed by atoms with van der Waals surface area (Å²) in [6, 6.07) is 5.77. The second-order valence-corrected chi connectivity index (χ2v) is 5.73. The van der Waals surface area contributed by atoms with Gasteiger partial charge in [-0.05, 0) is 43.9 Å². The second-order valence-electron chi connectivity index (χ2n) is 5.73. The molecule has 1 heterocycles. The first-order valence-electron chi connectivity index (χ1n) is 7.95. The molecule has 21 heavy (non-hydrogen) atoms. The van der Waals surface area contributed by atoms with Crippen molar-refractivity contribution >= 4 is 11.6 Å². The number of ether oxygens (including phenoxy) is 1. The lowest BCUT2D eigenvalue weighted by atomic mass is 10.1. The summed E-state index contributed by atoms with van der Waals surface area (Å²) in [6.45, 7) is 5.58. The number of rotatable bonds is 4. The van der Waals surface area contributed by atoms with E-state index >= 15 is 0 Å². The van der Waals surface area contributed by atoms with Gasteiger partial charge in [0.15, 0.2) is 6.10 Å². The lowest BCUT2D eigenvalue weighted by Crippen LogP contribution is -2.41. The first-order valence-corrected chi connectivity index (χ1v) is 7.95. The highest BCUT2D eigenvalue weighted by molar-refractivity contribution is 5.81. The summed E-state index contributed by atoms with van der Waals surface area (Å²) >= 11 is 0. The van der Waals surface area contributed by atoms with E-state index in [-0.39, 0.29) is 5.91 Å². The van der Waals surface area contributed by atoms with Gasteiger partial charge >= 0.3 is 0 Å². The van der Waals surface area contributed by atoms with E-state index in [1.54, 1.807) is 6.92 Å². The Labute approximate surface area is 127 Å². The molecule has 1 aliphatic rings. The third-order valence-corrected chi connectivity index (χ3v) is 4.05. The van der Waals surface area contributed by atoms with E-state index < -0.39 is 6.10 Å². The number of hydrogen-bond acceptors (Lipinski definition) is 3. The van der Waals surface area contributed by atoms with Crippen LogP contribution in [0.4, 0.5) is 5.69 Å². The minimum atomic E-state index is -0.488. The number of anilines is 1. The third kappa shape index (κ3) is 4.13. The van der Waals surface area contributed by atoms with E-state index in [9.17, 15) is 4.79 Å². The fourth-order valence-electron chi connectivity index (χ4n) is 2.71. The van der Waals surface area contributed by atoms with E-state index in [4.69, 9.17) is 10.5 Å². The molecular formula is C17H26N2O2. The normalized spacial score (nSPS) is 17.1. The van der Waals surface area contributed by atoms with Crippen LogP contribution in [0.25, 0.3) is 0 Å². The minimum Gasteiger partial charge on any atom is -0.479 e. The van der Waals surface area contributed by atoms with Crippen molar-refractivity contribution in [2.75, 3.05) is 18.8 Å². The molecule has 1 amide bonds. The van der Waals surface area contributed by atoms with Gasteiger partial charge in [-0.25, -0.2) is 0 Å². The number of nitrogens with two attached hydrogens (primary N) is 1. The first-order chi connectivity index (χ1) is 10.1. The van der Waals surface area contributed by atoms with Gasteiger partial charge in [0, 0.05) is 13.1 Å². The van der Waals surface area contributed by atoms with Gasteiger partial charge in [-0.2, -0.15) is 0 Å². The average molecular weight is 290 g/mol. The monoisotopic (exact) mass is 290 g/mol. The van der Waals surface area contributed by atoms with Gasteiger partial charge in [-0.3, -0.25) is 4.79 Å². The van der Waals surface area contributed by atoms with Gasteiger partial charge in [0.1, 0.15) is 5.75 Å². The van der Waals surface area contributed by atoms with Crippen LogP contribution in [0.3, 0.4) is 0 Å². The van der Waals surface area contributed by atoms with Crippen LogP contribution in [0.5, 0.6) is 5.75 Å². The van der Waals surface area contributed by atoms with Gasteiger partial charge in [0.05, 0.1) is 5.69 Å². The molecule has 1 unspecified atom stereocenters. The molecule has 0 aliphatic carbocycles. The van der Waals surface area contributed by atoms with Gasteiger partial charge in [-0.1, -0.05) is 25.8 Å². The number of nitrogens with zero attached hydrogens (tertiary/aromatic N) is 1. The van der Waals surface area contributed by atoms with Crippen LogP contribution in [0.2, 0.25) is 0 Å². The van der Waals surface area contributed by atoms with Gasteiger partial charge in [0.2, 0.25) is 0 Å². The molecule has 1 aromatic rings. The fraction of sp³-hybridized carbons (Fsp3) is 0.588. The van der Waals surface area contributed by atoms with Crippen molar-refractivity contribution in [3.05, 3.63) is 23.8 Å². The van der Waals surface area contributed by atoms with Crippen molar-refractivity contribution in [1.82, 2.24) is 4.90 Å². The number of benzene rings is 1. The molecule has 0 radical (unpaired) electrons. The average Bonchev–Trinajstić information content (AvgIpc) is 2.77. The Hall–Kier alpha value is -1.71. The second kappa shape index (κ2) is 7.34. The van der Waals surface area contributed by atoms with Gasteiger partial charge in [-0.15, -0.1) is 0 Å². The van der Waals surface area contributed by atoms with Crippen LogP contribution in [0.1, 0.15) is 45.1 Å². The fourth-order valence-corrected chi connectivity index (χ4v) is 2.71. The molecule has 0 bridgehead atoms. The number of amides is 1. The van der Waals surface area contributed by atoms with Crippen molar-refractivity contribution in [3.8, 4) is 5.75 Å². The molecule has 4 heteroatoms. The molecule has 2 rings (SSSR count). The number of carbonyl (C=O) groups is 1. The Morgan fingerprint density at radius 2 is 1.95 bits per heavy atom. The summed E-state index contributed by atoms with van der Waals surface area (Å²) in [6.07, 6.45) is 5.05. The highest BCUT2D eigenvalue weighted by Gasteiger charge is 2.23. The summed E-state index contributed by atoms with van der Waals surface area (Å²) in [4.78, 5) is 14.4. The summed E-state index contributed by atoms with van der Waals surface area (Å²) in [5, 5.41) is 0. The van der Waals surface area contributed by atoms with E-state index in [0.29, 0.717) is 11.4 Å². The molecule has 4 nitrogen and oxygen atoms in total. The molecule has 116 valence electrons. The Morgan fingerprint density at radius 1 is 1.29 bits per heavy atom. The zero-order valence-electron chi connectivity index (χ0n) is 13.1. The minimum absolute atomic E-state index is 0.0656. The maximum atomic E-state index is 12.4. The molecule has 0 aromatic heterocycles. The number of aryl methyl sites for hydroxylation is 1.